The number of carboxylic acid groups (broad SMARTS) is 1. The van der Waals surface area contributed by atoms with E-state index in [9.17, 15) is 15.0 Å². The second kappa shape index (κ2) is 4.67. The summed E-state index contributed by atoms with van der Waals surface area (Å²) in [4.78, 5) is 10.1. The van der Waals surface area contributed by atoms with Crippen molar-refractivity contribution >= 4 is 5.97 Å². The predicted molar refractivity (Wildman–Crippen MR) is 41.3 cm³/mol. The van der Waals surface area contributed by atoms with Crippen molar-refractivity contribution in [2.24, 2.45) is 0 Å². The van der Waals surface area contributed by atoms with Gasteiger partial charge in [-0.3, -0.25) is 0 Å². The van der Waals surface area contributed by atoms with Crippen molar-refractivity contribution in [1.29, 1.82) is 0 Å². The van der Waals surface area contributed by atoms with Gasteiger partial charge in [0.05, 0.1) is 6.61 Å². The van der Waals surface area contributed by atoms with Gasteiger partial charge in [-0.25, -0.2) is 4.79 Å². The Balaban J connectivity index is 2.42. The van der Waals surface area contributed by atoms with E-state index in [2.05, 4.69) is 4.74 Å². The fourth-order valence-corrected chi connectivity index (χ4v) is 1.08. The Hall–Kier alpha value is -0.730. The molecule has 4 N–H and O–H groups in total. The topological polar surface area (TPSA) is 116 Å². The van der Waals surface area contributed by atoms with E-state index in [0.717, 1.165) is 0 Å². The van der Waals surface area contributed by atoms with Gasteiger partial charge >= 0.3 is 5.97 Å². The average molecular weight is 208 g/mol. The van der Waals surface area contributed by atoms with Crippen LogP contribution in [0, 0.1) is 0 Å². The van der Waals surface area contributed by atoms with Gasteiger partial charge in [0.25, 0.3) is 0 Å². The van der Waals surface area contributed by atoms with E-state index in [1.807, 2.05) is 0 Å². The van der Waals surface area contributed by atoms with Gasteiger partial charge in [0.1, 0.15) is 24.9 Å². The quantitative estimate of drug-likeness (QED) is 0.406. The summed E-state index contributed by atoms with van der Waals surface area (Å²) in [5.74, 6) is -1.21. The largest absolute Gasteiger partial charge is 0.480 e. The van der Waals surface area contributed by atoms with Gasteiger partial charge in [-0.15, -0.1) is 0 Å². The van der Waals surface area contributed by atoms with Crippen molar-refractivity contribution in [3.63, 3.8) is 0 Å². The molecule has 0 bridgehead atoms. The highest BCUT2D eigenvalue weighted by Gasteiger charge is 2.38. The number of aliphatic hydroxyl groups excluding tert-OH is 3. The second-order valence-electron chi connectivity index (χ2n) is 2.95. The van der Waals surface area contributed by atoms with Gasteiger partial charge in [-0.1, -0.05) is 0 Å². The number of hydrogen-bond acceptors (Lipinski definition) is 6. The van der Waals surface area contributed by atoms with Gasteiger partial charge in [-0.2, -0.15) is 0 Å². The molecule has 0 amide bonds. The Morgan fingerprint density at radius 3 is 2.57 bits per heavy atom. The minimum absolute atomic E-state index is 0.206. The fourth-order valence-electron chi connectivity index (χ4n) is 1.08. The molecule has 1 aliphatic heterocycles. The first-order chi connectivity index (χ1) is 6.52. The minimum atomic E-state index is -1.45. The number of rotatable bonds is 3. The molecule has 1 aliphatic rings. The first kappa shape index (κ1) is 11.3. The zero-order valence-electron chi connectivity index (χ0n) is 7.24. The molecule has 14 heavy (non-hydrogen) atoms. The standard InChI is InChI=1S/C7H12O7/c8-3-1-13-7(6(12)5(3)11)14-2-4(9)10/h3,5-8,11-12H,1-2H2,(H,9,10). The normalized spacial score (nSPS) is 38.2. The van der Waals surface area contributed by atoms with Crippen molar-refractivity contribution < 1.29 is 34.7 Å². The first-order valence-electron chi connectivity index (χ1n) is 4.01. The molecule has 0 spiro atoms. The summed E-state index contributed by atoms with van der Waals surface area (Å²) >= 11 is 0. The van der Waals surface area contributed by atoms with E-state index in [4.69, 9.17) is 14.9 Å². The lowest BCUT2D eigenvalue weighted by Crippen LogP contribution is -2.54. The summed E-state index contributed by atoms with van der Waals surface area (Å²) in [6.45, 7) is -0.840. The van der Waals surface area contributed by atoms with E-state index < -0.39 is 37.2 Å². The lowest BCUT2D eigenvalue weighted by Gasteiger charge is -2.34. The minimum Gasteiger partial charge on any atom is -0.480 e. The Bertz CT molecular complexity index is 206. The van der Waals surface area contributed by atoms with Crippen LogP contribution in [0.1, 0.15) is 0 Å². The van der Waals surface area contributed by atoms with Gasteiger partial charge in [0, 0.05) is 0 Å². The summed E-state index contributed by atoms with van der Waals surface area (Å²) in [6, 6.07) is 0. The molecule has 0 aromatic carbocycles. The van der Waals surface area contributed by atoms with Crippen LogP contribution in [0.25, 0.3) is 0 Å². The number of carboxylic acids is 1. The highest BCUT2D eigenvalue weighted by atomic mass is 16.7. The molecule has 0 aromatic rings. The molecule has 7 heteroatoms. The van der Waals surface area contributed by atoms with Crippen LogP contribution >= 0.6 is 0 Å². The van der Waals surface area contributed by atoms with E-state index >= 15 is 0 Å². The molecule has 1 rings (SSSR count). The van der Waals surface area contributed by atoms with Crippen LogP contribution in [0.5, 0.6) is 0 Å². The van der Waals surface area contributed by atoms with Crippen LogP contribution in [-0.4, -0.2) is 64.2 Å². The first-order valence-corrected chi connectivity index (χ1v) is 4.01. The highest BCUT2D eigenvalue weighted by Crippen LogP contribution is 2.16. The molecule has 0 aliphatic carbocycles. The maximum atomic E-state index is 10.1. The maximum absolute atomic E-state index is 10.1. The smallest absolute Gasteiger partial charge is 0.329 e. The number of hydrogen-bond donors (Lipinski definition) is 4. The Morgan fingerprint density at radius 2 is 2.00 bits per heavy atom. The average Bonchev–Trinajstić information content (AvgIpc) is 2.13. The molecule has 4 atom stereocenters. The van der Waals surface area contributed by atoms with Crippen molar-refractivity contribution in [2.75, 3.05) is 13.2 Å². The van der Waals surface area contributed by atoms with Crippen molar-refractivity contribution in [2.45, 2.75) is 24.6 Å². The third kappa shape index (κ3) is 2.63. The van der Waals surface area contributed by atoms with Crippen LogP contribution in [0.2, 0.25) is 0 Å². The van der Waals surface area contributed by atoms with E-state index in [1.165, 1.54) is 0 Å². The van der Waals surface area contributed by atoms with Crippen LogP contribution < -0.4 is 0 Å². The van der Waals surface area contributed by atoms with Gasteiger partial charge < -0.3 is 29.9 Å². The second-order valence-corrected chi connectivity index (χ2v) is 2.95. The van der Waals surface area contributed by atoms with Crippen molar-refractivity contribution in [1.82, 2.24) is 0 Å². The SMILES string of the molecule is O=C(O)COC1OCC(O)C(O)C1O. The van der Waals surface area contributed by atoms with Crippen LogP contribution in [0.3, 0.4) is 0 Å². The summed E-state index contributed by atoms with van der Waals surface area (Å²) in [6.07, 6.45) is -5.24. The van der Waals surface area contributed by atoms with Crippen LogP contribution in [0.15, 0.2) is 0 Å². The fraction of sp³-hybridized carbons (Fsp3) is 0.857. The number of aliphatic carboxylic acids is 1. The highest BCUT2D eigenvalue weighted by molar-refractivity contribution is 5.68. The summed E-state index contributed by atoms with van der Waals surface area (Å²) in [5.41, 5.74) is 0. The molecule has 1 heterocycles. The van der Waals surface area contributed by atoms with E-state index in [-0.39, 0.29) is 6.61 Å². The molecule has 82 valence electrons. The van der Waals surface area contributed by atoms with Crippen molar-refractivity contribution in [3.8, 4) is 0 Å². The molecule has 1 saturated heterocycles. The Morgan fingerprint density at radius 1 is 1.36 bits per heavy atom. The molecular formula is C7H12O7. The Labute approximate surface area is 79.5 Å². The monoisotopic (exact) mass is 208 g/mol. The third-order valence-corrected chi connectivity index (χ3v) is 1.83. The van der Waals surface area contributed by atoms with Crippen LogP contribution in [0.4, 0.5) is 0 Å². The van der Waals surface area contributed by atoms with E-state index in [0.29, 0.717) is 0 Å². The van der Waals surface area contributed by atoms with E-state index in [1.54, 1.807) is 0 Å². The third-order valence-electron chi connectivity index (χ3n) is 1.83. The van der Waals surface area contributed by atoms with Gasteiger partial charge in [-0.05, 0) is 0 Å². The molecule has 4 unspecified atom stereocenters. The molecule has 1 fully saturated rings. The number of ether oxygens (including phenoxy) is 2. The van der Waals surface area contributed by atoms with Crippen molar-refractivity contribution in [3.05, 3.63) is 0 Å². The number of aliphatic hydroxyl groups is 3. The Kier molecular flexibility index (Phi) is 3.78. The predicted octanol–water partition coefficient (Wildman–Crippen LogP) is -2.47. The lowest BCUT2D eigenvalue weighted by atomic mass is 10.1. The van der Waals surface area contributed by atoms with Crippen LogP contribution in [-0.2, 0) is 14.3 Å². The zero-order valence-corrected chi connectivity index (χ0v) is 7.24. The molecular weight excluding hydrogens is 196 g/mol. The molecule has 0 saturated carbocycles. The zero-order chi connectivity index (χ0) is 10.7. The molecule has 0 radical (unpaired) electrons. The van der Waals surface area contributed by atoms with Gasteiger partial charge in [0.15, 0.2) is 6.29 Å². The summed E-state index contributed by atoms with van der Waals surface area (Å²) in [5, 5.41) is 35.8. The summed E-state index contributed by atoms with van der Waals surface area (Å²) < 4.78 is 9.41. The summed E-state index contributed by atoms with van der Waals surface area (Å²) in [7, 11) is 0. The molecule has 7 nitrogen and oxygen atoms in total. The lowest BCUT2D eigenvalue weighted by molar-refractivity contribution is -0.269. The van der Waals surface area contributed by atoms with Gasteiger partial charge in [0.2, 0.25) is 0 Å². The maximum Gasteiger partial charge on any atom is 0.329 e. The molecule has 0 aromatic heterocycles. The number of carbonyl (C=O) groups is 1.